The zero-order chi connectivity index (χ0) is 20.1. The molecule has 0 fully saturated rings. The van der Waals surface area contributed by atoms with Gasteiger partial charge in [-0.15, -0.1) is 0 Å². The van der Waals surface area contributed by atoms with E-state index < -0.39 is 0 Å². The number of hydrogen-bond donors (Lipinski definition) is 3. The monoisotopic (exact) mass is 393 g/mol. The number of anilines is 1. The molecule has 0 bridgehead atoms. The van der Waals surface area contributed by atoms with Crippen LogP contribution in [0.2, 0.25) is 0 Å². The van der Waals surface area contributed by atoms with Crippen LogP contribution in [0.1, 0.15) is 0 Å². The summed E-state index contributed by atoms with van der Waals surface area (Å²) in [5.41, 5.74) is 13.5. The van der Waals surface area contributed by atoms with Crippen molar-refractivity contribution in [2.75, 3.05) is 5.73 Å². The van der Waals surface area contributed by atoms with Crippen molar-refractivity contribution < 1.29 is 4.42 Å². The summed E-state index contributed by atoms with van der Waals surface area (Å²) in [5.74, 6) is 0. The van der Waals surface area contributed by atoms with E-state index >= 15 is 0 Å². The van der Waals surface area contributed by atoms with Crippen molar-refractivity contribution in [1.29, 1.82) is 0 Å². The standard InChI is InChI=1S/C22H15N7O/c23-15-5-13(8-24-10-15)14-6-18-20(28-29-22(18)26-9-14)19-7-17-16(12-2-4-30-11-12)1-3-25-21(17)27-19/h1-11H,23H2,(H,25,27)(H,26,28,29). The minimum absolute atomic E-state index is 0.605. The summed E-state index contributed by atoms with van der Waals surface area (Å²) in [6.45, 7) is 0. The van der Waals surface area contributed by atoms with Gasteiger partial charge in [0.2, 0.25) is 0 Å². The zero-order valence-electron chi connectivity index (χ0n) is 15.6. The molecule has 6 rings (SSSR count). The number of nitrogens with two attached hydrogens (primary N) is 1. The number of nitrogens with one attached hydrogen (secondary N) is 2. The molecular formula is C22H15N7O. The molecule has 0 spiro atoms. The summed E-state index contributed by atoms with van der Waals surface area (Å²) in [6.07, 6.45) is 10.3. The van der Waals surface area contributed by atoms with Crippen molar-refractivity contribution in [3.63, 3.8) is 0 Å². The Bertz CT molecular complexity index is 1510. The third-order valence-corrected chi connectivity index (χ3v) is 5.13. The largest absolute Gasteiger partial charge is 0.472 e. The Labute approximate surface area is 169 Å². The smallest absolute Gasteiger partial charge is 0.155 e. The van der Waals surface area contributed by atoms with E-state index in [4.69, 9.17) is 10.2 Å². The Kier molecular flexibility index (Phi) is 3.45. The van der Waals surface area contributed by atoms with Gasteiger partial charge in [-0.3, -0.25) is 10.1 Å². The summed E-state index contributed by atoms with van der Waals surface area (Å²) >= 11 is 0. The predicted molar refractivity (Wildman–Crippen MR) is 114 cm³/mol. The fourth-order valence-corrected chi connectivity index (χ4v) is 3.71. The molecule has 0 aliphatic heterocycles. The number of furan rings is 1. The molecule has 0 saturated carbocycles. The number of rotatable bonds is 3. The molecule has 0 aliphatic carbocycles. The molecule has 0 radical (unpaired) electrons. The quantitative estimate of drug-likeness (QED) is 0.409. The molecule has 0 saturated heterocycles. The van der Waals surface area contributed by atoms with Gasteiger partial charge in [-0.2, -0.15) is 5.10 Å². The Morgan fingerprint density at radius 1 is 0.867 bits per heavy atom. The van der Waals surface area contributed by atoms with Gasteiger partial charge in [0, 0.05) is 52.3 Å². The van der Waals surface area contributed by atoms with Gasteiger partial charge in [-0.1, -0.05) is 0 Å². The zero-order valence-corrected chi connectivity index (χ0v) is 15.6. The number of fused-ring (bicyclic) bond motifs is 2. The van der Waals surface area contributed by atoms with E-state index in [2.05, 4.69) is 36.2 Å². The molecular weight excluding hydrogens is 378 g/mol. The normalized spacial score (nSPS) is 11.5. The fourth-order valence-electron chi connectivity index (χ4n) is 3.71. The van der Waals surface area contributed by atoms with Crippen LogP contribution in [0.15, 0.2) is 72.1 Å². The number of aromatic amines is 2. The highest BCUT2D eigenvalue weighted by Gasteiger charge is 2.16. The summed E-state index contributed by atoms with van der Waals surface area (Å²) in [4.78, 5) is 16.5. The Hall–Kier alpha value is -4.46. The van der Waals surface area contributed by atoms with E-state index in [1.165, 1.54) is 0 Å². The maximum Gasteiger partial charge on any atom is 0.155 e. The highest BCUT2D eigenvalue weighted by molar-refractivity contribution is 5.99. The lowest BCUT2D eigenvalue weighted by Crippen LogP contribution is -1.88. The van der Waals surface area contributed by atoms with Gasteiger partial charge in [-0.25, -0.2) is 9.97 Å². The van der Waals surface area contributed by atoms with E-state index in [1.54, 1.807) is 37.3 Å². The molecule has 30 heavy (non-hydrogen) atoms. The maximum absolute atomic E-state index is 5.89. The van der Waals surface area contributed by atoms with Gasteiger partial charge in [0.25, 0.3) is 0 Å². The van der Waals surface area contributed by atoms with Crippen molar-refractivity contribution in [3.05, 3.63) is 67.6 Å². The topological polar surface area (TPSA) is 122 Å². The SMILES string of the molecule is Nc1cncc(-c2cnc3[nH]nc(-c4cc5c(-c6ccoc6)ccnc5[nH]4)c3c2)c1. The van der Waals surface area contributed by atoms with Gasteiger partial charge in [0.1, 0.15) is 11.3 Å². The number of H-pyrrole nitrogens is 2. The van der Waals surface area contributed by atoms with Gasteiger partial charge < -0.3 is 15.1 Å². The van der Waals surface area contributed by atoms with Crippen LogP contribution >= 0.6 is 0 Å². The second-order valence-corrected chi connectivity index (χ2v) is 7.02. The lowest BCUT2D eigenvalue weighted by molar-refractivity contribution is 0.568. The molecule has 6 aromatic rings. The number of aromatic nitrogens is 6. The molecule has 0 aliphatic rings. The number of nitrogens with zero attached hydrogens (tertiary/aromatic N) is 4. The second-order valence-electron chi connectivity index (χ2n) is 7.02. The third-order valence-electron chi connectivity index (χ3n) is 5.13. The van der Waals surface area contributed by atoms with E-state index in [0.29, 0.717) is 11.3 Å². The number of hydrogen-bond acceptors (Lipinski definition) is 6. The average molecular weight is 393 g/mol. The van der Waals surface area contributed by atoms with Crippen molar-refractivity contribution >= 4 is 27.8 Å². The minimum atomic E-state index is 0.605. The summed E-state index contributed by atoms with van der Waals surface area (Å²) < 4.78 is 5.25. The Balaban J connectivity index is 1.52. The van der Waals surface area contributed by atoms with Crippen LogP contribution in [0.4, 0.5) is 5.69 Å². The van der Waals surface area contributed by atoms with Crippen molar-refractivity contribution in [3.8, 4) is 33.6 Å². The molecule has 8 heteroatoms. The highest BCUT2D eigenvalue weighted by Crippen LogP contribution is 2.34. The molecule has 0 atom stereocenters. The molecule has 6 aromatic heterocycles. The van der Waals surface area contributed by atoms with E-state index in [0.717, 1.165) is 50.1 Å². The van der Waals surface area contributed by atoms with Gasteiger partial charge in [0.15, 0.2) is 5.65 Å². The van der Waals surface area contributed by atoms with E-state index in [1.807, 2.05) is 24.3 Å². The minimum Gasteiger partial charge on any atom is -0.472 e. The first-order valence-electron chi connectivity index (χ1n) is 9.32. The Morgan fingerprint density at radius 3 is 2.67 bits per heavy atom. The van der Waals surface area contributed by atoms with Crippen LogP contribution in [0.3, 0.4) is 0 Å². The first-order valence-corrected chi connectivity index (χ1v) is 9.32. The highest BCUT2D eigenvalue weighted by atomic mass is 16.3. The van der Waals surface area contributed by atoms with Crippen LogP contribution in [0.25, 0.3) is 55.7 Å². The molecule has 6 heterocycles. The molecule has 0 amide bonds. The average Bonchev–Trinajstić information content (AvgIpc) is 3.51. The second kappa shape index (κ2) is 6.28. The first kappa shape index (κ1) is 16.5. The molecule has 8 nitrogen and oxygen atoms in total. The van der Waals surface area contributed by atoms with Crippen molar-refractivity contribution in [1.82, 2.24) is 30.1 Å². The van der Waals surface area contributed by atoms with Crippen molar-refractivity contribution in [2.24, 2.45) is 0 Å². The number of nitrogen functional groups attached to an aromatic ring is 1. The Morgan fingerprint density at radius 2 is 1.80 bits per heavy atom. The predicted octanol–water partition coefficient (Wildman–Crippen LogP) is 4.41. The number of pyridine rings is 3. The van der Waals surface area contributed by atoms with Crippen LogP contribution in [-0.2, 0) is 0 Å². The van der Waals surface area contributed by atoms with E-state index in [-0.39, 0.29) is 0 Å². The molecule has 144 valence electrons. The van der Waals surface area contributed by atoms with Crippen molar-refractivity contribution in [2.45, 2.75) is 0 Å². The summed E-state index contributed by atoms with van der Waals surface area (Å²) in [7, 11) is 0. The van der Waals surface area contributed by atoms with Gasteiger partial charge in [0.05, 0.1) is 23.9 Å². The summed E-state index contributed by atoms with van der Waals surface area (Å²) in [5, 5.41) is 9.40. The third kappa shape index (κ3) is 2.55. The van der Waals surface area contributed by atoms with E-state index in [9.17, 15) is 0 Å². The first-order chi connectivity index (χ1) is 14.8. The maximum atomic E-state index is 5.89. The lowest BCUT2D eigenvalue weighted by Gasteiger charge is -2.02. The van der Waals surface area contributed by atoms with Crippen LogP contribution < -0.4 is 5.73 Å². The van der Waals surface area contributed by atoms with Gasteiger partial charge >= 0.3 is 0 Å². The summed E-state index contributed by atoms with van der Waals surface area (Å²) in [6, 6.07) is 9.86. The lowest BCUT2D eigenvalue weighted by atomic mass is 10.1. The van der Waals surface area contributed by atoms with Crippen LogP contribution in [-0.4, -0.2) is 30.1 Å². The molecule has 0 aromatic carbocycles. The van der Waals surface area contributed by atoms with Gasteiger partial charge in [-0.05, 0) is 35.9 Å². The molecule has 0 unspecified atom stereocenters. The van der Waals surface area contributed by atoms with Crippen LogP contribution in [0.5, 0.6) is 0 Å². The molecule has 4 N–H and O–H groups in total. The fraction of sp³-hybridized carbons (Fsp3) is 0. The van der Waals surface area contributed by atoms with Crippen LogP contribution in [0, 0.1) is 0 Å².